The first-order valence-electron chi connectivity index (χ1n) is 11.8. The van der Waals surface area contributed by atoms with E-state index >= 15 is 0 Å². The van der Waals surface area contributed by atoms with E-state index < -0.39 is 16.1 Å². The van der Waals surface area contributed by atoms with Gasteiger partial charge in [-0.05, 0) is 82.0 Å². The lowest BCUT2D eigenvalue weighted by Gasteiger charge is -2.30. The summed E-state index contributed by atoms with van der Waals surface area (Å²) in [6, 6.07) is 9.72. The molecule has 0 heterocycles. The molecule has 2 rings (SSSR count). The number of aryl methyl sites for hydroxylation is 2. The van der Waals surface area contributed by atoms with E-state index in [4.69, 9.17) is 23.2 Å². The highest BCUT2D eigenvalue weighted by Crippen LogP contribution is 2.25. The molecule has 0 radical (unpaired) electrons. The summed E-state index contributed by atoms with van der Waals surface area (Å²) in [6.07, 6.45) is 1.51. The molecule has 1 unspecified atom stereocenters. The van der Waals surface area contributed by atoms with Gasteiger partial charge >= 0.3 is 0 Å². The second-order valence-corrected chi connectivity index (χ2v) is 12.0. The predicted octanol–water partition coefficient (Wildman–Crippen LogP) is 5.10. The summed E-state index contributed by atoms with van der Waals surface area (Å²) in [7, 11) is -3.55. The Morgan fingerprint density at radius 2 is 1.64 bits per heavy atom. The largest absolute Gasteiger partial charge is 0.352 e. The third-order valence-corrected chi connectivity index (χ3v) is 7.80. The highest BCUT2D eigenvalue weighted by molar-refractivity contribution is 7.92. The molecular formula is C26H35Cl2N3O4S. The quantitative estimate of drug-likeness (QED) is 0.418. The Kier molecular flexibility index (Phi) is 10.6. The average Bonchev–Trinajstić information content (AvgIpc) is 2.77. The molecule has 0 saturated heterocycles. The summed E-state index contributed by atoms with van der Waals surface area (Å²) in [5.74, 6) is -0.535. The fourth-order valence-corrected chi connectivity index (χ4v) is 4.99. The van der Waals surface area contributed by atoms with Gasteiger partial charge in [0.2, 0.25) is 21.8 Å². The Morgan fingerprint density at radius 3 is 2.19 bits per heavy atom. The lowest BCUT2D eigenvalue weighted by atomic mass is 10.1. The van der Waals surface area contributed by atoms with Crippen molar-refractivity contribution in [3.8, 4) is 0 Å². The van der Waals surface area contributed by atoms with Crippen LogP contribution in [0.2, 0.25) is 10.0 Å². The SMILES string of the molecule is Cc1ccc(N(CCCC(=O)N(Cc2ccc(Cl)c(Cl)c2)C(C)C(=O)NC(C)C)S(C)(=O)=O)cc1C. The van der Waals surface area contributed by atoms with Gasteiger partial charge in [-0.15, -0.1) is 0 Å². The topological polar surface area (TPSA) is 86.8 Å². The van der Waals surface area contributed by atoms with Gasteiger partial charge in [0, 0.05) is 25.6 Å². The Labute approximate surface area is 224 Å². The Balaban J connectivity index is 2.21. The molecule has 1 N–H and O–H groups in total. The van der Waals surface area contributed by atoms with Crippen LogP contribution in [0.1, 0.15) is 50.3 Å². The van der Waals surface area contributed by atoms with Crippen LogP contribution in [0.25, 0.3) is 0 Å². The van der Waals surface area contributed by atoms with E-state index in [0.717, 1.165) is 22.9 Å². The van der Waals surface area contributed by atoms with Crippen LogP contribution in [0.4, 0.5) is 5.69 Å². The van der Waals surface area contributed by atoms with Gasteiger partial charge < -0.3 is 10.2 Å². The van der Waals surface area contributed by atoms with Gasteiger partial charge in [-0.25, -0.2) is 8.42 Å². The number of halogens is 2. The summed E-state index contributed by atoms with van der Waals surface area (Å²) < 4.78 is 26.3. The van der Waals surface area contributed by atoms with Gasteiger partial charge in [-0.3, -0.25) is 13.9 Å². The van der Waals surface area contributed by atoms with Crippen LogP contribution in [0.15, 0.2) is 36.4 Å². The van der Waals surface area contributed by atoms with Crippen molar-refractivity contribution in [2.24, 2.45) is 0 Å². The maximum atomic E-state index is 13.3. The van der Waals surface area contributed by atoms with Crippen LogP contribution >= 0.6 is 23.2 Å². The molecule has 2 amide bonds. The maximum absolute atomic E-state index is 13.3. The number of amides is 2. The van der Waals surface area contributed by atoms with Crippen molar-refractivity contribution in [3.63, 3.8) is 0 Å². The molecule has 1 atom stereocenters. The lowest BCUT2D eigenvalue weighted by Crippen LogP contribution is -2.49. The van der Waals surface area contributed by atoms with Gasteiger partial charge in [-0.2, -0.15) is 0 Å². The highest BCUT2D eigenvalue weighted by Gasteiger charge is 2.27. The van der Waals surface area contributed by atoms with E-state index in [1.807, 2.05) is 39.8 Å². The molecule has 0 spiro atoms. The third-order valence-electron chi connectivity index (χ3n) is 5.87. The Hall–Kier alpha value is -2.29. The Bertz CT molecular complexity index is 1200. The van der Waals surface area contributed by atoms with E-state index in [2.05, 4.69) is 5.32 Å². The lowest BCUT2D eigenvalue weighted by molar-refractivity contribution is -0.140. The second kappa shape index (κ2) is 12.8. The summed E-state index contributed by atoms with van der Waals surface area (Å²) >= 11 is 12.2. The minimum absolute atomic E-state index is 0.0669. The predicted molar refractivity (Wildman–Crippen MR) is 147 cm³/mol. The maximum Gasteiger partial charge on any atom is 0.242 e. The van der Waals surface area contributed by atoms with Crippen LogP contribution in [0, 0.1) is 13.8 Å². The number of hydrogen-bond acceptors (Lipinski definition) is 4. The fraction of sp³-hybridized carbons (Fsp3) is 0.462. The molecular weight excluding hydrogens is 521 g/mol. The van der Waals surface area contributed by atoms with Crippen LogP contribution in [0.3, 0.4) is 0 Å². The fourth-order valence-electron chi connectivity index (χ4n) is 3.71. The molecule has 0 saturated carbocycles. The van der Waals surface area contributed by atoms with Crippen molar-refractivity contribution in [2.45, 2.75) is 66.1 Å². The monoisotopic (exact) mass is 555 g/mol. The standard InChI is InChI=1S/C26H35Cl2N3O4S/c1-17(2)29-26(33)20(5)30(16-21-10-12-23(27)24(28)15-21)25(32)8-7-13-31(36(6,34)35)22-11-9-18(3)19(4)14-22/h9-12,14-15,17,20H,7-8,13,16H2,1-6H3,(H,29,33). The number of benzene rings is 2. The number of anilines is 1. The minimum Gasteiger partial charge on any atom is -0.352 e. The number of nitrogens with zero attached hydrogens (tertiary/aromatic N) is 2. The molecule has 198 valence electrons. The smallest absolute Gasteiger partial charge is 0.242 e. The zero-order chi connectivity index (χ0) is 27.2. The summed E-state index contributed by atoms with van der Waals surface area (Å²) in [6.45, 7) is 9.56. The van der Waals surface area contributed by atoms with Crippen molar-refractivity contribution >= 4 is 50.7 Å². The average molecular weight is 557 g/mol. The third kappa shape index (κ3) is 8.39. The molecule has 0 aromatic heterocycles. The zero-order valence-corrected chi connectivity index (χ0v) is 24.0. The molecule has 2 aromatic carbocycles. The van der Waals surface area contributed by atoms with Crippen molar-refractivity contribution < 1.29 is 18.0 Å². The molecule has 0 aliphatic rings. The number of nitrogens with one attached hydrogen (secondary N) is 1. The van der Waals surface area contributed by atoms with E-state index in [-0.39, 0.29) is 43.8 Å². The number of rotatable bonds is 11. The second-order valence-electron chi connectivity index (χ2n) is 9.32. The van der Waals surface area contributed by atoms with Crippen molar-refractivity contribution in [1.29, 1.82) is 0 Å². The molecule has 0 fully saturated rings. The van der Waals surface area contributed by atoms with Crippen LogP contribution < -0.4 is 9.62 Å². The van der Waals surface area contributed by atoms with Crippen LogP contribution in [-0.2, 0) is 26.2 Å². The van der Waals surface area contributed by atoms with Gasteiger partial charge in [0.05, 0.1) is 22.0 Å². The molecule has 7 nitrogen and oxygen atoms in total. The normalized spacial score (nSPS) is 12.4. The molecule has 2 aromatic rings. The van der Waals surface area contributed by atoms with Gasteiger partial charge in [0.25, 0.3) is 0 Å². The van der Waals surface area contributed by atoms with Gasteiger partial charge in [0.15, 0.2) is 0 Å². The first kappa shape index (κ1) is 29.9. The summed E-state index contributed by atoms with van der Waals surface area (Å²) in [5.41, 5.74) is 3.34. The number of hydrogen-bond donors (Lipinski definition) is 1. The van der Waals surface area contributed by atoms with E-state index in [0.29, 0.717) is 15.7 Å². The summed E-state index contributed by atoms with van der Waals surface area (Å²) in [4.78, 5) is 27.5. The molecule has 36 heavy (non-hydrogen) atoms. The van der Waals surface area contributed by atoms with Gasteiger partial charge in [-0.1, -0.05) is 35.3 Å². The van der Waals surface area contributed by atoms with E-state index in [1.54, 1.807) is 31.2 Å². The van der Waals surface area contributed by atoms with Crippen molar-refractivity contribution in [1.82, 2.24) is 10.2 Å². The molecule has 0 aliphatic heterocycles. The van der Waals surface area contributed by atoms with Crippen molar-refractivity contribution in [2.75, 3.05) is 17.1 Å². The number of carbonyl (C=O) groups excluding carboxylic acids is 2. The first-order chi connectivity index (χ1) is 16.7. The molecule has 10 heteroatoms. The van der Waals surface area contributed by atoms with Crippen molar-refractivity contribution in [3.05, 3.63) is 63.1 Å². The first-order valence-corrected chi connectivity index (χ1v) is 14.4. The van der Waals surface area contributed by atoms with E-state index in [9.17, 15) is 18.0 Å². The number of sulfonamides is 1. The molecule has 0 bridgehead atoms. The number of carbonyl (C=O) groups is 2. The molecule has 0 aliphatic carbocycles. The highest BCUT2D eigenvalue weighted by atomic mass is 35.5. The van der Waals surface area contributed by atoms with E-state index in [1.165, 1.54) is 9.21 Å². The van der Waals surface area contributed by atoms with Crippen LogP contribution in [0.5, 0.6) is 0 Å². The van der Waals surface area contributed by atoms with Crippen LogP contribution in [-0.4, -0.2) is 50.0 Å². The van der Waals surface area contributed by atoms with Gasteiger partial charge in [0.1, 0.15) is 6.04 Å². The minimum atomic E-state index is -3.55. The zero-order valence-electron chi connectivity index (χ0n) is 21.6. The Morgan fingerprint density at radius 1 is 0.972 bits per heavy atom. The summed E-state index contributed by atoms with van der Waals surface area (Å²) in [5, 5.41) is 3.60.